The van der Waals surface area contributed by atoms with E-state index >= 15 is 0 Å². The second-order valence-corrected chi connectivity index (χ2v) is 9.32. The molecule has 0 unspecified atom stereocenters. The fraction of sp³-hybridized carbons (Fsp3) is 0.364. The van der Waals surface area contributed by atoms with Crippen molar-refractivity contribution in [2.75, 3.05) is 17.7 Å². The van der Waals surface area contributed by atoms with Gasteiger partial charge in [0.05, 0.1) is 23.6 Å². The summed E-state index contributed by atoms with van der Waals surface area (Å²) in [5.41, 5.74) is 4.76. The van der Waals surface area contributed by atoms with Crippen LogP contribution in [-0.2, 0) is 9.53 Å². The fourth-order valence-corrected chi connectivity index (χ4v) is 5.20. The number of ether oxygens (including phenoxy) is 1. The third kappa shape index (κ3) is 4.83. The average molecular weight is 457 g/mol. The average Bonchev–Trinajstić information content (AvgIpc) is 3.32. The van der Waals surface area contributed by atoms with Gasteiger partial charge in [-0.2, -0.15) is 0 Å². The minimum Gasteiger partial charge on any atom is -0.462 e. The first kappa shape index (κ1) is 21.6. The normalized spacial score (nSPS) is 13.3. The number of anilines is 1. The van der Waals surface area contributed by atoms with Crippen molar-refractivity contribution in [3.8, 4) is 5.69 Å². The van der Waals surface area contributed by atoms with Crippen LogP contribution in [0.2, 0.25) is 0 Å². The van der Waals surface area contributed by atoms with Crippen molar-refractivity contribution in [1.29, 1.82) is 0 Å². The third-order valence-corrected chi connectivity index (χ3v) is 6.89. The molecule has 1 aliphatic rings. The zero-order valence-electron chi connectivity index (χ0n) is 17.7. The van der Waals surface area contributed by atoms with Crippen molar-refractivity contribution in [2.45, 2.75) is 44.7 Å². The van der Waals surface area contributed by atoms with E-state index in [1.807, 2.05) is 35.9 Å². The molecule has 0 atom stereocenters. The summed E-state index contributed by atoms with van der Waals surface area (Å²) in [5, 5.41) is 14.2. The Morgan fingerprint density at radius 3 is 2.84 bits per heavy atom. The van der Waals surface area contributed by atoms with Gasteiger partial charge in [-0.15, -0.1) is 21.5 Å². The zero-order valence-corrected chi connectivity index (χ0v) is 19.3. The molecule has 2 heterocycles. The highest BCUT2D eigenvalue weighted by molar-refractivity contribution is 7.99. The number of benzene rings is 1. The van der Waals surface area contributed by atoms with Crippen LogP contribution in [0.3, 0.4) is 0 Å². The molecule has 4 rings (SSSR count). The summed E-state index contributed by atoms with van der Waals surface area (Å²) >= 11 is 2.68. The van der Waals surface area contributed by atoms with Crippen LogP contribution in [0.1, 0.15) is 52.7 Å². The van der Waals surface area contributed by atoms with E-state index in [0.29, 0.717) is 28.2 Å². The molecule has 1 amide bonds. The van der Waals surface area contributed by atoms with E-state index in [9.17, 15) is 9.59 Å². The number of rotatable bonds is 8. The summed E-state index contributed by atoms with van der Waals surface area (Å²) in [6.07, 6.45) is 3.79. The number of carbonyl (C=O) groups is 2. The Hall–Kier alpha value is -2.65. The van der Waals surface area contributed by atoms with E-state index in [0.717, 1.165) is 29.7 Å². The maximum atomic E-state index is 12.7. The van der Waals surface area contributed by atoms with Gasteiger partial charge in [0.15, 0.2) is 5.16 Å². The SMILES string of the molecule is CCOC(=O)c1c(C2CC2)csc1NC(=O)CSc1nncn1-c1ccc(C)cc1C. The molecule has 162 valence electrons. The molecule has 0 aliphatic heterocycles. The van der Waals surface area contributed by atoms with E-state index in [1.165, 1.54) is 28.7 Å². The first-order valence-electron chi connectivity index (χ1n) is 10.2. The number of amides is 1. The highest BCUT2D eigenvalue weighted by Gasteiger charge is 2.32. The Labute approximate surface area is 189 Å². The molecule has 1 N–H and O–H groups in total. The lowest BCUT2D eigenvalue weighted by Crippen LogP contribution is -2.17. The van der Waals surface area contributed by atoms with Crippen LogP contribution in [0.15, 0.2) is 35.1 Å². The highest BCUT2D eigenvalue weighted by Crippen LogP contribution is 2.46. The van der Waals surface area contributed by atoms with Crippen LogP contribution in [0, 0.1) is 13.8 Å². The molecule has 2 aromatic heterocycles. The largest absolute Gasteiger partial charge is 0.462 e. The summed E-state index contributed by atoms with van der Waals surface area (Å²) in [5.74, 6) is -0.0205. The van der Waals surface area contributed by atoms with Crippen molar-refractivity contribution >= 4 is 40.0 Å². The number of hydrogen-bond acceptors (Lipinski definition) is 7. The van der Waals surface area contributed by atoms with Gasteiger partial charge in [0.2, 0.25) is 5.91 Å². The molecular weight excluding hydrogens is 432 g/mol. The molecule has 0 spiro atoms. The molecule has 3 aromatic rings. The Morgan fingerprint density at radius 2 is 2.13 bits per heavy atom. The zero-order chi connectivity index (χ0) is 22.0. The Balaban J connectivity index is 1.45. The molecule has 1 aliphatic carbocycles. The summed E-state index contributed by atoms with van der Waals surface area (Å²) in [6, 6.07) is 6.16. The molecule has 31 heavy (non-hydrogen) atoms. The molecule has 1 aromatic carbocycles. The van der Waals surface area contributed by atoms with Gasteiger partial charge in [0, 0.05) is 0 Å². The Bertz CT molecular complexity index is 1120. The van der Waals surface area contributed by atoms with Gasteiger partial charge in [-0.25, -0.2) is 4.79 Å². The molecule has 1 fully saturated rings. The van der Waals surface area contributed by atoms with E-state index in [2.05, 4.69) is 21.6 Å². The van der Waals surface area contributed by atoms with Crippen molar-refractivity contribution in [2.24, 2.45) is 0 Å². The van der Waals surface area contributed by atoms with Gasteiger partial charge < -0.3 is 10.1 Å². The second kappa shape index (κ2) is 9.23. The number of nitrogens with zero attached hydrogens (tertiary/aromatic N) is 3. The number of thiophene rings is 1. The summed E-state index contributed by atoms with van der Waals surface area (Å²) in [4.78, 5) is 25.1. The van der Waals surface area contributed by atoms with Crippen molar-refractivity contribution in [3.05, 3.63) is 52.2 Å². The maximum Gasteiger partial charge on any atom is 0.341 e. The maximum absolute atomic E-state index is 12.7. The van der Waals surface area contributed by atoms with Crippen molar-refractivity contribution in [1.82, 2.24) is 14.8 Å². The quantitative estimate of drug-likeness (QED) is 0.390. The van der Waals surface area contributed by atoms with Crippen LogP contribution < -0.4 is 5.32 Å². The standard InChI is InChI=1S/C22H24N4O3S2/c1-4-29-21(28)19-16(15-6-7-15)10-30-20(19)24-18(27)11-31-22-25-23-12-26(22)17-8-5-13(2)9-14(17)3/h5,8-10,12,15H,4,6-7,11H2,1-3H3,(H,24,27). The number of aromatic nitrogens is 3. The Morgan fingerprint density at radius 1 is 1.32 bits per heavy atom. The predicted molar refractivity (Wildman–Crippen MR) is 122 cm³/mol. The monoisotopic (exact) mass is 456 g/mol. The third-order valence-electron chi connectivity index (χ3n) is 5.03. The number of carbonyl (C=O) groups excluding carboxylic acids is 2. The van der Waals surface area contributed by atoms with E-state index < -0.39 is 0 Å². The van der Waals surface area contributed by atoms with E-state index in [-0.39, 0.29) is 17.6 Å². The fourth-order valence-electron chi connectivity index (χ4n) is 3.43. The van der Waals surface area contributed by atoms with Crippen LogP contribution >= 0.6 is 23.1 Å². The highest BCUT2D eigenvalue weighted by atomic mass is 32.2. The number of thioether (sulfide) groups is 1. The minimum atomic E-state index is -0.372. The van der Waals surface area contributed by atoms with Gasteiger partial charge in [-0.05, 0) is 62.1 Å². The first-order chi connectivity index (χ1) is 15.0. The lowest BCUT2D eigenvalue weighted by atomic mass is 10.1. The Kier molecular flexibility index (Phi) is 6.43. The van der Waals surface area contributed by atoms with Gasteiger partial charge in [0.1, 0.15) is 11.3 Å². The molecule has 0 saturated heterocycles. The smallest absolute Gasteiger partial charge is 0.341 e. The molecule has 0 bridgehead atoms. The second-order valence-electron chi connectivity index (χ2n) is 7.50. The van der Waals surface area contributed by atoms with Crippen LogP contribution in [0.25, 0.3) is 5.69 Å². The van der Waals surface area contributed by atoms with Crippen LogP contribution in [0.4, 0.5) is 5.00 Å². The lowest BCUT2D eigenvalue weighted by molar-refractivity contribution is -0.113. The predicted octanol–water partition coefficient (Wildman–Crippen LogP) is 4.73. The summed E-state index contributed by atoms with van der Waals surface area (Å²) in [7, 11) is 0. The van der Waals surface area contributed by atoms with Gasteiger partial charge in [0.25, 0.3) is 0 Å². The van der Waals surface area contributed by atoms with Crippen molar-refractivity contribution < 1.29 is 14.3 Å². The topological polar surface area (TPSA) is 86.1 Å². The molecule has 1 saturated carbocycles. The summed E-state index contributed by atoms with van der Waals surface area (Å²) in [6.45, 7) is 6.17. The molecular formula is C22H24N4O3S2. The molecule has 9 heteroatoms. The van der Waals surface area contributed by atoms with Gasteiger partial charge in [-0.3, -0.25) is 9.36 Å². The number of esters is 1. The van der Waals surface area contributed by atoms with Crippen LogP contribution in [-0.4, -0.2) is 39.0 Å². The van der Waals surface area contributed by atoms with Crippen molar-refractivity contribution in [3.63, 3.8) is 0 Å². The van der Waals surface area contributed by atoms with Gasteiger partial charge >= 0.3 is 5.97 Å². The van der Waals surface area contributed by atoms with E-state index in [4.69, 9.17) is 4.74 Å². The number of hydrogen-bond donors (Lipinski definition) is 1. The van der Waals surface area contributed by atoms with Gasteiger partial charge in [-0.1, -0.05) is 29.5 Å². The molecule has 7 nitrogen and oxygen atoms in total. The number of nitrogens with one attached hydrogen (secondary N) is 1. The summed E-state index contributed by atoms with van der Waals surface area (Å²) < 4.78 is 7.10. The van der Waals surface area contributed by atoms with Crippen LogP contribution in [0.5, 0.6) is 0 Å². The lowest BCUT2D eigenvalue weighted by Gasteiger charge is -2.10. The molecule has 0 radical (unpaired) electrons. The first-order valence-corrected chi connectivity index (χ1v) is 12.0. The number of aryl methyl sites for hydroxylation is 2. The van der Waals surface area contributed by atoms with E-state index in [1.54, 1.807) is 13.3 Å². The minimum absolute atomic E-state index is 0.155.